The molecule has 0 radical (unpaired) electrons. The number of ether oxygens (including phenoxy) is 1. The van der Waals surface area contributed by atoms with E-state index in [1.165, 1.54) is 0 Å². The van der Waals surface area contributed by atoms with Gasteiger partial charge in [0.2, 0.25) is 0 Å². The van der Waals surface area contributed by atoms with E-state index in [1.807, 2.05) is 6.92 Å². The van der Waals surface area contributed by atoms with E-state index < -0.39 is 27.2 Å². The highest BCUT2D eigenvalue weighted by molar-refractivity contribution is 7.85. The lowest BCUT2D eigenvalue weighted by atomic mass is 9.91. The molecule has 0 aromatic carbocycles. The second-order valence-corrected chi connectivity index (χ2v) is 6.11. The molecular formula is C10H19O5S-. The largest absolute Gasteiger partial charge is 0.748 e. The van der Waals surface area contributed by atoms with Crippen molar-refractivity contribution in [2.75, 3.05) is 12.4 Å². The molecule has 0 aromatic rings. The molecular weight excluding hydrogens is 232 g/mol. The fourth-order valence-corrected chi connectivity index (χ4v) is 1.75. The van der Waals surface area contributed by atoms with Crippen molar-refractivity contribution < 1.29 is 22.5 Å². The van der Waals surface area contributed by atoms with Gasteiger partial charge >= 0.3 is 5.97 Å². The van der Waals surface area contributed by atoms with Gasteiger partial charge in [-0.2, -0.15) is 0 Å². The molecule has 0 N–H and O–H groups in total. The molecule has 0 aromatic heterocycles. The molecule has 1 unspecified atom stereocenters. The van der Waals surface area contributed by atoms with Crippen LogP contribution >= 0.6 is 0 Å². The maximum Gasteiger partial charge on any atom is 0.311 e. The van der Waals surface area contributed by atoms with Gasteiger partial charge in [-0.05, 0) is 20.3 Å². The van der Waals surface area contributed by atoms with Crippen LogP contribution < -0.4 is 0 Å². The fourth-order valence-electron chi connectivity index (χ4n) is 0.954. The maximum atomic E-state index is 11.5. The number of hydrogen-bond acceptors (Lipinski definition) is 5. The lowest BCUT2D eigenvalue weighted by Gasteiger charge is -2.22. The first-order valence-electron chi connectivity index (χ1n) is 5.19. The van der Waals surface area contributed by atoms with Crippen LogP contribution in [0.25, 0.3) is 0 Å². The average molecular weight is 251 g/mol. The predicted molar refractivity (Wildman–Crippen MR) is 58.8 cm³/mol. The molecule has 0 saturated heterocycles. The van der Waals surface area contributed by atoms with E-state index in [1.54, 1.807) is 20.8 Å². The van der Waals surface area contributed by atoms with Crippen LogP contribution in [-0.4, -0.2) is 31.3 Å². The van der Waals surface area contributed by atoms with Gasteiger partial charge in [0.05, 0.1) is 22.1 Å². The van der Waals surface area contributed by atoms with E-state index in [-0.39, 0.29) is 12.6 Å². The Labute approximate surface area is 96.9 Å². The minimum absolute atomic E-state index is 0.0380. The van der Waals surface area contributed by atoms with Crippen molar-refractivity contribution in [2.45, 2.75) is 34.1 Å². The van der Waals surface area contributed by atoms with E-state index in [0.717, 1.165) is 0 Å². The van der Waals surface area contributed by atoms with Crippen LogP contribution in [0.3, 0.4) is 0 Å². The first kappa shape index (κ1) is 15.4. The molecule has 6 heteroatoms. The van der Waals surface area contributed by atoms with Gasteiger partial charge < -0.3 is 9.29 Å². The molecule has 0 aliphatic rings. The molecule has 5 nitrogen and oxygen atoms in total. The van der Waals surface area contributed by atoms with E-state index in [0.29, 0.717) is 6.42 Å². The Morgan fingerprint density at radius 1 is 1.44 bits per heavy atom. The Kier molecular flexibility index (Phi) is 5.41. The van der Waals surface area contributed by atoms with Crippen LogP contribution in [0.5, 0.6) is 0 Å². The molecule has 1 atom stereocenters. The summed E-state index contributed by atoms with van der Waals surface area (Å²) < 4.78 is 36.3. The maximum absolute atomic E-state index is 11.5. The van der Waals surface area contributed by atoms with Crippen molar-refractivity contribution in [3.05, 3.63) is 0 Å². The van der Waals surface area contributed by atoms with Crippen LogP contribution in [0.15, 0.2) is 0 Å². The summed E-state index contributed by atoms with van der Waals surface area (Å²) in [7, 11) is -4.25. The molecule has 0 amide bonds. The quantitative estimate of drug-likeness (QED) is 0.522. The number of hydrogen-bond donors (Lipinski definition) is 0. The van der Waals surface area contributed by atoms with Crippen LogP contribution in [0.2, 0.25) is 0 Å². The molecule has 0 rings (SSSR count). The lowest BCUT2D eigenvalue weighted by Crippen LogP contribution is -2.28. The molecule has 0 aliphatic carbocycles. The zero-order valence-electron chi connectivity index (χ0n) is 10.1. The summed E-state index contributed by atoms with van der Waals surface area (Å²) in [6, 6.07) is 0. The van der Waals surface area contributed by atoms with Crippen molar-refractivity contribution in [3.8, 4) is 0 Å². The Morgan fingerprint density at radius 2 is 1.94 bits per heavy atom. The summed E-state index contributed by atoms with van der Waals surface area (Å²) >= 11 is 0. The van der Waals surface area contributed by atoms with E-state index >= 15 is 0 Å². The third-order valence-corrected chi connectivity index (χ3v) is 3.40. The SMILES string of the molecule is CCC(C)(C)C(=O)OCC(C)CS(=O)(=O)[O-]. The fraction of sp³-hybridized carbons (Fsp3) is 0.900. The minimum atomic E-state index is -4.25. The number of carbonyl (C=O) groups excluding carboxylic acids is 1. The van der Waals surface area contributed by atoms with Crippen molar-refractivity contribution in [1.29, 1.82) is 0 Å². The Morgan fingerprint density at radius 3 is 2.31 bits per heavy atom. The molecule has 0 bridgehead atoms. The van der Waals surface area contributed by atoms with Crippen LogP contribution in [0, 0.1) is 11.3 Å². The van der Waals surface area contributed by atoms with Gasteiger partial charge in [-0.3, -0.25) is 4.79 Å². The third kappa shape index (κ3) is 6.07. The smallest absolute Gasteiger partial charge is 0.311 e. The van der Waals surface area contributed by atoms with Crippen molar-refractivity contribution in [1.82, 2.24) is 0 Å². The van der Waals surface area contributed by atoms with Gasteiger partial charge in [0.1, 0.15) is 0 Å². The number of rotatable bonds is 6. The third-order valence-electron chi connectivity index (χ3n) is 2.42. The lowest BCUT2D eigenvalue weighted by molar-refractivity contribution is -0.155. The Hall–Kier alpha value is -0.620. The number of carbonyl (C=O) groups is 1. The summed E-state index contributed by atoms with van der Waals surface area (Å²) in [6.45, 7) is 6.90. The van der Waals surface area contributed by atoms with Crippen LogP contribution in [0.1, 0.15) is 34.1 Å². The van der Waals surface area contributed by atoms with Gasteiger partial charge in [0.15, 0.2) is 0 Å². The molecule has 0 heterocycles. The molecule has 0 fully saturated rings. The van der Waals surface area contributed by atoms with Crippen molar-refractivity contribution in [2.24, 2.45) is 11.3 Å². The van der Waals surface area contributed by atoms with Crippen LogP contribution in [0.4, 0.5) is 0 Å². The molecule has 96 valence electrons. The summed E-state index contributed by atoms with van der Waals surface area (Å²) in [5, 5.41) is 0. The van der Waals surface area contributed by atoms with Gasteiger partial charge in [-0.15, -0.1) is 0 Å². The molecule has 16 heavy (non-hydrogen) atoms. The zero-order valence-corrected chi connectivity index (χ0v) is 11.0. The highest BCUT2D eigenvalue weighted by atomic mass is 32.2. The average Bonchev–Trinajstić information content (AvgIpc) is 2.11. The molecule has 0 spiro atoms. The normalized spacial score (nSPS) is 14.6. The standard InChI is InChI=1S/C10H20O5S/c1-5-10(3,4)9(11)15-6-8(2)7-16(12,13)14/h8H,5-7H2,1-4H3,(H,12,13,14)/p-1. The van der Waals surface area contributed by atoms with Crippen molar-refractivity contribution in [3.63, 3.8) is 0 Å². The minimum Gasteiger partial charge on any atom is -0.748 e. The monoisotopic (exact) mass is 251 g/mol. The first-order chi connectivity index (χ1) is 7.08. The first-order valence-corrected chi connectivity index (χ1v) is 6.77. The van der Waals surface area contributed by atoms with E-state index in [2.05, 4.69) is 0 Å². The highest BCUT2D eigenvalue weighted by Crippen LogP contribution is 2.21. The summed E-state index contributed by atoms with van der Waals surface area (Å²) in [5.41, 5.74) is -0.573. The summed E-state index contributed by atoms with van der Waals surface area (Å²) in [4.78, 5) is 11.5. The number of esters is 1. The van der Waals surface area contributed by atoms with E-state index in [4.69, 9.17) is 4.74 Å². The second kappa shape index (κ2) is 5.63. The zero-order chi connectivity index (χ0) is 13.0. The van der Waals surface area contributed by atoms with Gasteiger partial charge in [0, 0.05) is 11.7 Å². The topological polar surface area (TPSA) is 83.5 Å². The predicted octanol–water partition coefficient (Wildman–Crippen LogP) is 1.15. The van der Waals surface area contributed by atoms with Gasteiger partial charge in [-0.1, -0.05) is 13.8 Å². The van der Waals surface area contributed by atoms with Crippen LogP contribution in [-0.2, 0) is 19.6 Å². The summed E-state index contributed by atoms with van der Waals surface area (Å²) in [5.74, 6) is -1.35. The van der Waals surface area contributed by atoms with E-state index in [9.17, 15) is 17.8 Å². The highest BCUT2D eigenvalue weighted by Gasteiger charge is 2.27. The van der Waals surface area contributed by atoms with Crippen molar-refractivity contribution >= 4 is 16.1 Å². The summed E-state index contributed by atoms with van der Waals surface area (Å²) in [6.07, 6.45) is 0.639. The Balaban J connectivity index is 4.12. The Bertz CT molecular complexity index is 331. The molecule has 0 saturated carbocycles. The van der Waals surface area contributed by atoms with Gasteiger partial charge in [-0.25, -0.2) is 8.42 Å². The van der Waals surface area contributed by atoms with Gasteiger partial charge in [0.25, 0.3) is 0 Å². The second-order valence-electron chi connectivity index (χ2n) is 4.67. The molecule has 0 aliphatic heterocycles.